The van der Waals surface area contributed by atoms with Gasteiger partial charge < -0.3 is 14.8 Å². The normalized spacial score (nSPS) is 14.2. The van der Waals surface area contributed by atoms with E-state index in [1.54, 1.807) is 25.3 Å². The number of nitro groups is 1. The van der Waals surface area contributed by atoms with Crippen molar-refractivity contribution < 1.29 is 14.4 Å². The quantitative estimate of drug-likeness (QED) is 0.468. The lowest BCUT2D eigenvalue weighted by atomic mass is 10.0. The van der Waals surface area contributed by atoms with Gasteiger partial charge in [-0.15, -0.1) is 0 Å². The minimum atomic E-state index is -0.439. The molecule has 0 atom stereocenters. The van der Waals surface area contributed by atoms with Crippen LogP contribution in [0.2, 0.25) is 0 Å². The van der Waals surface area contributed by atoms with Crippen LogP contribution < -0.4 is 14.8 Å². The van der Waals surface area contributed by atoms with Crippen LogP contribution in [0.1, 0.15) is 19.4 Å². The monoisotopic (exact) mass is 376 g/mol. The van der Waals surface area contributed by atoms with E-state index in [1.165, 1.54) is 0 Å². The molecule has 0 aromatic heterocycles. The van der Waals surface area contributed by atoms with Crippen LogP contribution in [0.5, 0.6) is 11.5 Å². The zero-order chi connectivity index (χ0) is 19.9. The molecule has 0 bridgehead atoms. The van der Waals surface area contributed by atoms with E-state index in [0.29, 0.717) is 28.3 Å². The van der Waals surface area contributed by atoms with Crippen molar-refractivity contribution in [3.8, 4) is 11.5 Å². The first-order chi connectivity index (χ1) is 13.4. The lowest BCUT2D eigenvalue weighted by Crippen LogP contribution is -2.27. The number of nitrogens with zero attached hydrogens (tertiary/aromatic N) is 1. The molecule has 6 nitrogen and oxygen atoms in total. The highest BCUT2D eigenvalue weighted by molar-refractivity contribution is 5.98. The summed E-state index contributed by atoms with van der Waals surface area (Å²) in [5.41, 5.74) is 1.51. The standard InChI is InChI=1S/C22H20N2O4/c1-22(2)11-10-17-19(12-15(27-3)13-20(17)28-22)23-18-9-8-14-6-4-5-7-16(14)21(18)24(25)26/h4-13,23H,1-3H3. The summed E-state index contributed by atoms with van der Waals surface area (Å²) >= 11 is 0. The summed E-state index contributed by atoms with van der Waals surface area (Å²) in [6, 6.07) is 14.5. The number of nitro benzene ring substituents is 1. The molecule has 4 rings (SSSR count). The summed E-state index contributed by atoms with van der Waals surface area (Å²) in [4.78, 5) is 11.5. The molecule has 1 N–H and O–H groups in total. The van der Waals surface area contributed by atoms with Crippen LogP contribution in [0, 0.1) is 10.1 Å². The minimum absolute atomic E-state index is 0.0377. The third-order valence-corrected chi connectivity index (χ3v) is 4.73. The summed E-state index contributed by atoms with van der Waals surface area (Å²) in [5, 5.41) is 16.5. The molecule has 0 saturated carbocycles. The first-order valence-electron chi connectivity index (χ1n) is 8.91. The van der Waals surface area contributed by atoms with Crippen LogP contribution >= 0.6 is 0 Å². The Kier molecular flexibility index (Phi) is 4.19. The van der Waals surface area contributed by atoms with E-state index in [9.17, 15) is 10.1 Å². The van der Waals surface area contributed by atoms with Crippen molar-refractivity contribution in [3.63, 3.8) is 0 Å². The highest BCUT2D eigenvalue weighted by atomic mass is 16.6. The van der Waals surface area contributed by atoms with Crippen LogP contribution in [0.15, 0.2) is 54.6 Å². The largest absolute Gasteiger partial charge is 0.497 e. The molecule has 3 aromatic rings. The first kappa shape index (κ1) is 17.9. The van der Waals surface area contributed by atoms with Crippen molar-refractivity contribution in [1.82, 2.24) is 0 Å². The summed E-state index contributed by atoms with van der Waals surface area (Å²) < 4.78 is 11.4. The number of benzene rings is 3. The van der Waals surface area contributed by atoms with Gasteiger partial charge in [0.15, 0.2) is 0 Å². The number of hydrogen-bond donors (Lipinski definition) is 1. The van der Waals surface area contributed by atoms with E-state index in [1.807, 2.05) is 56.3 Å². The van der Waals surface area contributed by atoms with Crippen LogP contribution in [0.25, 0.3) is 16.8 Å². The Morgan fingerprint density at radius 1 is 1.11 bits per heavy atom. The van der Waals surface area contributed by atoms with Crippen molar-refractivity contribution in [2.24, 2.45) is 0 Å². The molecule has 0 amide bonds. The number of methoxy groups -OCH3 is 1. The third kappa shape index (κ3) is 3.13. The van der Waals surface area contributed by atoms with E-state index in [-0.39, 0.29) is 10.6 Å². The van der Waals surface area contributed by atoms with Gasteiger partial charge in [0.05, 0.1) is 23.1 Å². The molecule has 142 valence electrons. The average molecular weight is 376 g/mol. The fourth-order valence-corrected chi connectivity index (χ4v) is 3.38. The Labute approximate surface area is 162 Å². The van der Waals surface area contributed by atoms with Crippen LogP contribution in [-0.2, 0) is 0 Å². The van der Waals surface area contributed by atoms with Crippen molar-refractivity contribution in [1.29, 1.82) is 0 Å². The third-order valence-electron chi connectivity index (χ3n) is 4.73. The molecular formula is C22H20N2O4. The number of anilines is 2. The maximum atomic E-state index is 11.8. The van der Waals surface area contributed by atoms with E-state index in [4.69, 9.17) is 9.47 Å². The lowest BCUT2D eigenvalue weighted by Gasteiger charge is -2.29. The fraction of sp³-hybridized carbons (Fsp3) is 0.182. The van der Waals surface area contributed by atoms with Gasteiger partial charge in [-0.3, -0.25) is 10.1 Å². The molecule has 3 aromatic carbocycles. The van der Waals surface area contributed by atoms with Crippen LogP contribution in [0.3, 0.4) is 0 Å². The summed E-state index contributed by atoms with van der Waals surface area (Å²) in [6.07, 6.45) is 3.93. The second kappa shape index (κ2) is 6.56. The Morgan fingerprint density at radius 3 is 2.64 bits per heavy atom. The predicted octanol–water partition coefficient (Wildman–Crippen LogP) is 5.68. The molecule has 0 unspecified atom stereocenters. The Hall–Kier alpha value is -3.54. The van der Waals surface area contributed by atoms with Crippen LogP contribution in [-0.4, -0.2) is 17.6 Å². The van der Waals surface area contributed by atoms with E-state index in [0.717, 1.165) is 10.9 Å². The Morgan fingerprint density at radius 2 is 1.89 bits per heavy atom. The van der Waals surface area contributed by atoms with Gasteiger partial charge in [0, 0.05) is 17.7 Å². The summed E-state index contributed by atoms with van der Waals surface area (Å²) in [7, 11) is 1.58. The second-order valence-corrected chi connectivity index (χ2v) is 7.19. The summed E-state index contributed by atoms with van der Waals surface area (Å²) in [6.45, 7) is 3.93. The van der Waals surface area contributed by atoms with Gasteiger partial charge in [0.1, 0.15) is 22.8 Å². The number of hydrogen-bond acceptors (Lipinski definition) is 5. The molecule has 28 heavy (non-hydrogen) atoms. The number of nitrogens with one attached hydrogen (secondary N) is 1. The van der Waals surface area contributed by atoms with Gasteiger partial charge in [0.25, 0.3) is 5.69 Å². The minimum Gasteiger partial charge on any atom is -0.497 e. The van der Waals surface area contributed by atoms with Crippen molar-refractivity contribution in [2.75, 3.05) is 12.4 Å². The second-order valence-electron chi connectivity index (χ2n) is 7.19. The number of rotatable bonds is 4. The molecule has 0 spiro atoms. The molecule has 0 saturated heterocycles. The topological polar surface area (TPSA) is 73.6 Å². The molecule has 1 heterocycles. The molecule has 0 fully saturated rings. The molecule has 0 aliphatic carbocycles. The van der Waals surface area contributed by atoms with Crippen molar-refractivity contribution in [2.45, 2.75) is 19.4 Å². The number of ether oxygens (including phenoxy) is 2. The van der Waals surface area contributed by atoms with Crippen molar-refractivity contribution in [3.05, 3.63) is 70.3 Å². The smallest absolute Gasteiger partial charge is 0.300 e. The zero-order valence-corrected chi connectivity index (χ0v) is 15.9. The lowest BCUT2D eigenvalue weighted by molar-refractivity contribution is -0.382. The van der Waals surface area contributed by atoms with Crippen LogP contribution in [0.4, 0.5) is 17.1 Å². The van der Waals surface area contributed by atoms with Gasteiger partial charge in [0.2, 0.25) is 0 Å². The van der Waals surface area contributed by atoms with E-state index >= 15 is 0 Å². The maximum absolute atomic E-state index is 11.8. The highest BCUT2D eigenvalue weighted by Gasteiger charge is 2.25. The van der Waals surface area contributed by atoms with Gasteiger partial charge >= 0.3 is 0 Å². The Balaban J connectivity index is 1.86. The van der Waals surface area contributed by atoms with Gasteiger partial charge in [-0.05, 0) is 43.5 Å². The van der Waals surface area contributed by atoms with Gasteiger partial charge in [-0.1, -0.05) is 24.3 Å². The first-order valence-corrected chi connectivity index (χ1v) is 8.91. The molecule has 0 radical (unpaired) electrons. The zero-order valence-electron chi connectivity index (χ0n) is 15.9. The van der Waals surface area contributed by atoms with E-state index < -0.39 is 5.60 Å². The average Bonchev–Trinajstić information content (AvgIpc) is 2.66. The SMILES string of the molecule is COc1cc(Nc2ccc3ccccc3c2[N+](=O)[O-])c2c(c1)OC(C)(C)C=C2. The maximum Gasteiger partial charge on any atom is 0.300 e. The van der Waals surface area contributed by atoms with Gasteiger partial charge in [-0.25, -0.2) is 0 Å². The summed E-state index contributed by atoms with van der Waals surface area (Å²) in [5.74, 6) is 1.27. The van der Waals surface area contributed by atoms with Gasteiger partial charge in [-0.2, -0.15) is 0 Å². The van der Waals surface area contributed by atoms with Crippen molar-refractivity contribution >= 4 is 33.9 Å². The van der Waals surface area contributed by atoms with E-state index in [2.05, 4.69) is 5.32 Å². The molecule has 1 aliphatic rings. The number of fused-ring (bicyclic) bond motifs is 2. The molecular weight excluding hydrogens is 356 g/mol. The molecule has 1 aliphatic heterocycles. The highest BCUT2D eigenvalue weighted by Crippen LogP contribution is 2.42. The Bertz CT molecular complexity index is 1120. The predicted molar refractivity (Wildman–Crippen MR) is 111 cm³/mol. The molecule has 6 heteroatoms. The fourth-order valence-electron chi connectivity index (χ4n) is 3.38.